The third kappa shape index (κ3) is 2.81. The predicted octanol–water partition coefficient (Wildman–Crippen LogP) is 1.12. The number of carbonyl (C=O) groups is 1. The van der Waals surface area contributed by atoms with E-state index in [0.717, 1.165) is 5.56 Å². The minimum absolute atomic E-state index is 0.185. The van der Waals surface area contributed by atoms with Crippen molar-refractivity contribution >= 4 is 5.97 Å². The SMILES string of the molecule is COC(=O)c1cn(CCc2ccc(O)c(O)c2)cc2c(=O)[nH]nc1-2. The molecule has 8 nitrogen and oxygen atoms in total. The molecule has 0 radical (unpaired) electrons. The number of nitrogens with zero attached hydrogens (tertiary/aromatic N) is 2. The van der Waals surface area contributed by atoms with Gasteiger partial charge in [0.1, 0.15) is 11.3 Å². The number of aromatic amines is 1. The first-order valence-corrected chi connectivity index (χ1v) is 7.17. The molecule has 0 amide bonds. The van der Waals surface area contributed by atoms with Crippen LogP contribution in [0.5, 0.6) is 11.5 Å². The summed E-state index contributed by atoms with van der Waals surface area (Å²) in [6.07, 6.45) is 3.69. The zero-order chi connectivity index (χ0) is 17.3. The maximum atomic E-state index is 11.9. The highest BCUT2D eigenvalue weighted by Crippen LogP contribution is 2.25. The van der Waals surface area contributed by atoms with Gasteiger partial charge >= 0.3 is 5.97 Å². The lowest BCUT2D eigenvalue weighted by Gasteiger charge is -2.12. The highest BCUT2D eigenvalue weighted by Gasteiger charge is 2.21. The normalized spacial score (nSPS) is 10.9. The number of pyridine rings is 1. The number of carbonyl (C=O) groups excluding carboxylic acids is 1. The molecule has 2 heterocycles. The second-order valence-corrected chi connectivity index (χ2v) is 5.29. The zero-order valence-corrected chi connectivity index (χ0v) is 12.8. The number of hydrogen-bond donors (Lipinski definition) is 3. The smallest absolute Gasteiger partial charge is 0.341 e. The quantitative estimate of drug-likeness (QED) is 0.488. The van der Waals surface area contributed by atoms with Crippen molar-refractivity contribution in [3.8, 4) is 22.8 Å². The molecule has 0 fully saturated rings. The molecule has 0 saturated carbocycles. The van der Waals surface area contributed by atoms with Crippen LogP contribution in [0.25, 0.3) is 11.3 Å². The van der Waals surface area contributed by atoms with Crippen LogP contribution in [-0.4, -0.2) is 38.1 Å². The number of nitrogens with one attached hydrogen (secondary N) is 1. The zero-order valence-electron chi connectivity index (χ0n) is 12.8. The Labute approximate surface area is 136 Å². The summed E-state index contributed by atoms with van der Waals surface area (Å²) in [7, 11) is 1.26. The number of ether oxygens (including phenoxy) is 1. The monoisotopic (exact) mass is 329 g/mol. The number of hydrogen-bond acceptors (Lipinski definition) is 6. The van der Waals surface area contributed by atoms with Gasteiger partial charge in [-0.3, -0.25) is 4.79 Å². The summed E-state index contributed by atoms with van der Waals surface area (Å²) in [6, 6.07) is 4.56. The number of benzene rings is 1. The Kier molecular flexibility index (Phi) is 3.95. The van der Waals surface area contributed by atoms with E-state index in [2.05, 4.69) is 10.2 Å². The van der Waals surface area contributed by atoms with Crippen LogP contribution in [-0.2, 0) is 17.7 Å². The average molecular weight is 329 g/mol. The minimum Gasteiger partial charge on any atom is -0.504 e. The van der Waals surface area contributed by atoms with Crippen LogP contribution in [0.3, 0.4) is 0 Å². The van der Waals surface area contributed by atoms with Crippen molar-refractivity contribution < 1.29 is 19.7 Å². The van der Waals surface area contributed by atoms with Crippen LogP contribution in [0.15, 0.2) is 35.4 Å². The van der Waals surface area contributed by atoms with E-state index in [1.807, 2.05) is 0 Å². The number of fused-ring (bicyclic) bond motifs is 1. The third-order valence-electron chi connectivity index (χ3n) is 3.72. The highest BCUT2D eigenvalue weighted by atomic mass is 16.5. The minimum atomic E-state index is -0.580. The molecular formula is C16H15N3O5. The van der Waals surface area contributed by atoms with Crippen molar-refractivity contribution in [1.29, 1.82) is 0 Å². The summed E-state index contributed by atoms with van der Waals surface area (Å²) >= 11 is 0. The number of phenolic OH excluding ortho intramolecular Hbond substituents is 2. The lowest BCUT2D eigenvalue weighted by atomic mass is 10.1. The van der Waals surface area contributed by atoms with Crippen LogP contribution in [0, 0.1) is 0 Å². The first-order valence-electron chi connectivity index (χ1n) is 7.17. The van der Waals surface area contributed by atoms with Crippen molar-refractivity contribution in [2.24, 2.45) is 0 Å². The summed E-state index contributed by atoms with van der Waals surface area (Å²) in [6.45, 7) is 0.453. The van der Waals surface area contributed by atoms with Crippen molar-refractivity contribution in [2.45, 2.75) is 13.0 Å². The molecule has 0 bridgehead atoms. The highest BCUT2D eigenvalue weighted by molar-refractivity contribution is 5.95. The van der Waals surface area contributed by atoms with Gasteiger partial charge in [0.2, 0.25) is 0 Å². The van der Waals surface area contributed by atoms with E-state index in [9.17, 15) is 19.8 Å². The first-order chi connectivity index (χ1) is 11.5. The van der Waals surface area contributed by atoms with Crippen molar-refractivity contribution in [3.63, 3.8) is 0 Å². The van der Waals surface area contributed by atoms with Gasteiger partial charge in [0.05, 0.1) is 12.7 Å². The maximum absolute atomic E-state index is 11.9. The molecule has 0 aliphatic carbocycles. The largest absolute Gasteiger partial charge is 0.504 e. The molecule has 2 aliphatic heterocycles. The summed E-state index contributed by atoms with van der Waals surface area (Å²) < 4.78 is 6.42. The molecule has 2 aliphatic rings. The van der Waals surface area contributed by atoms with Crippen LogP contribution in [0.1, 0.15) is 15.9 Å². The number of phenols is 2. The number of aryl methyl sites for hydroxylation is 2. The summed E-state index contributed by atoms with van der Waals surface area (Å²) in [5.41, 5.74) is 1.18. The first kappa shape index (κ1) is 15.6. The Balaban J connectivity index is 1.92. The van der Waals surface area contributed by atoms with E-state index in [1.54, 1.807) is 23.0 Å². The molecule has 1 aromatic rings. The second kappa shape index (κ2) is 6.07. The molecule has 0 atom stereocenters. The van der Waals surface area contributed by atoms with Crippen LogP contribution in [0.2, 0.25) is 0 Å². The Bertz CT molecular complexity index is 928. The third-order valence-corrected chi connectivity index (χ3v) is 3.72. The summed E-state index contributed by atoms with van der Waals surface area (Å²) in [5.74, 6) is -0.960. The number of aromatic nitrogens is 3. The Morgan fingerprint density at radius 3 is 2.79 bits per heavy atom. The van der Waals surface area contributed by atoms with Crippen molar-refractivity contribution in [3.05, 3.63) is 52.1 Å². The van der Waals surface area contributed by atoms with E-state index >= 15 is 0 Å². The lowest BCUT2D eigenvalue weighted by Crippen LogP contribution is -2.13. The Morgan fingerprint density at radius 1 is 1.29 bits per heavy atom. The predicted molar refractivity (Wildman–Crippen MR) is 84.3 cm³/mol. The molecule has 1 aromatic carbocycles. The van der Waals surface area contributed by atoms with Gasteiger partial charge in [0.25, 0.3) is 5.56 Å². The lowest BCUT2D eigenvalue weighted by molar-refractivity contribution is 0.0600. The van der Waals surface area contributed by atoms with Crippen LogP contribution < -0.4 is 5.56 Å². The van der Waals surface area contributed by atoms with Crippen molar-refractivity contribution in [2.75, 3.05) is 7.11 Å². The van der Waals surface area contributed by atoms with Crippen molar-refractivity contribution in [1.82, 2.24) is 14.8 Å². The average Bonchev–Trinajstić information content (AvgIpc) is 2.96. The number of esters is 1. The molecule has 24 heavy (non-hydrogen) atoms. The van der Waals surface area contributed by atoms with Gasteiger partial charge in [-0.25, -0.2) is 9.89 Å². The number of H-pyrrole nitrogens is 1. The molecular weight excluding hydrogens is 314 g/mol. The topological polar surface area (TPSA) is 117 Å². The van der Waals surface area contributed by atoms with E-state index in [4.69, 9.17) is 4.74 Å². The fourth-order valence-corrected chi connectivity index (χ4v) is 2.46. The number of rotatable bonds is 4. The molecule has 124 valence electrons. The Hall–Kier alpha value is -3.29. The maximum Gasteiger partial charge on any atom is 0.341 e. The number of methoxy groups -OCH3 is 1. The van der Waals surface area contributed by atoms with Gasteiger partial charge in [-0.15, -0.1) is 0 Å². The van der Waals surface area contributed by atoms with E-state index < -0.39 is 5.97 Å². The fraction of sp³-hybridized carbons (Fsp3) is 0.188. The standard InChI is InChI=1S/C16H15N3O5/c1-24-16(23)11-8-19(7-10-14(11)17-18-15(10)22)5-4-9-2-3-12(20)13(21)6-9/h2-3,6-8,20-21H,4-5H2,1H3,(H,18,22). The number of aromatic hydroxyl groups is 2. The fourth-order valence-electron chi connectivity index (χ4n) is 2.46. The summed E-state index contributed by atoms with van der Waals surface area (Å²) in [4.78, 5) is 23.7. The van der Waals surface area contributed by atoms with E-state index in [-0.39, 0.29) is 28.3 Å². The molecule has 8 heteroatoms. The molecule has 0 saturated heterocycles. The second-order valence-electron chi connectivity index (χ2n) is 5.29. The van der Waals surface area contributed by atoms with Gasteiger partial charge in [-0.2, -0.15) is 5.10 Å². The summed E-state index contributed by atoms with van der Waals surface area (Å²) in [5, 5.41) is 25.0. The van der Waals surface area contributed by atoms with Gasteiger partial charge in [0, 0.05) is 18.9 Å². The molecule has 0 unspecified atom stereocenters. The molecule has 0 spiro atoms. The molecule has 0 aromatic heterocycles. The molecule has 3 N–H and O–H groups in total. The van der Waals surface area contributed by atoms with Gasteiger partial charge in [-0.05, 0) is 24.1 Å². The van der Waals surface area contributed by atoms with E-state index in [1.165, 1.54) is 19.2 Å². The van der Waals surface area contributed by atoms with Crippen LogP contribution in [0.4, 0.5) is 0 Å². The van der Waals surface area contributed by atoms with Crippen LogP contribution >= 0.6 is 0 Å². The Morgan fingerprint density at radius 2 is 2.08 bits per heavy atom. The van der Waals surface area contributed by atoms with Gasteiger partial charge in [-0.1, -0.05) is 6.07 Å². The molecule has 3 rings (SSSR count). The van der Waals surface area contributed by atoms with E-state index in [0.29, 0.717) is 18.5 Å². The van der Waals surface area contributed by atoms with Gasteiger partial charge in [0.15, 0.2) is 11.5 Å². The van der Waals surface area contributed by atoms with Gasteiger partial charge < -0.3 is 19.5 Å².